The Morgan fingerprint density at radius 2 is 2.46 bits per heavy atom. The van der Waals surface area contributed by atoms with E-state index in [0.717, 1.165) is 18.7 Å². The fourth-order valence-electron chi connectivity index (χ4n) is 1.28. The number of hydrogen-bond donors (Lipinski definition) is 1. The number of nitrogens with zero attached hydrogens (tertiary/aromatic N) is 1. The molecule has 1 rings (SSSR count). The van der Waals surface area contributed by atoms with Crippen molar-refractivity contribution in [3.8, 4) is 0 Å². The Morgan fingerprint density at radius 3 is 3.00 bits per heavy atom. The molecule has 1 aliphatic heterocycles. The molecule has 76 valence electrons. The van der Waals surface area contributed by atoms with E-state index in [2.05, 4.69) is 5.32 Å². The van der Waals surface area contributed by atoms with Crippen LogP contribution in [0.4, 0.5) is 4.79 Å². The van der Waals surface area contributed by atoms with Crippen molar-refractivity contribution >= 4 is 17.8 Å². The van der Waals surface area contributed by atoms with Crippen LogP contribution in [0.5, 0.6) is 0 Å². The number of carbonyl (C=O) groups excluding carboxylic acids is 1. The summed E-state index contributed by atoms with van der Waals surface area (Å²) in [5.41, 5.74) is 0. The lowest BCUT2D eigenvalue weighted by Crippen LogP contribution is -2.44. The predicted octanol–water partition coefficient (Wildman–Crippen LogP) is 1.54. The van der Waals surface area contributed by atoms with Crippen molar-refractivity contribution in [2.24, 2.45) is 0 Å². The topological polar surface area (TPSA) is 32.3 Å². The van der Waals surface area contributed by atoms with E-state index in [1.807, 2.05) is 25.7 Å². The Morgan fingerprint density at radius 1 is 1.69 bits per heavy atom. The minimum Gasteiger partial charge on any atom is -0.334 e. The van der Waals surface area contributed by atoms with Crippen LogP contribution in [0.2, 0.25) is 0 Å². The minimum atomic E-state index is 0.0648. The fraction of sp³-hybridized carbons (Fsp3) is 0.889. The molecule has 1 aliphatic rings. The lowest BCUT2D eigenvalue weighted by Gasteiger charge is -2.25. The SMILES string of the molecule is CCN(C)C(=O)NC1CCCSC1. The average molecular weight is 202 g/mol. The van der Waals surface area contributed by atoms with Gasteiger partial charge in [-0.1, -0.05) is 0 Å². The normalized spacial score (nSPS) is 22.5. The first kappa shape index (κ1) is 10.7. The monoisotopic (exact) mass is 202 g/mol. The molecule has 0 aromatic rings. The van der Waals surface area contributed by atoms with E-state index in [1.54, 1.807) is 4.90 Å². The van der Waals surface area contributed by atoms with Crippen molar-refractivity contribution in [2.75, 3.05) is 25.1 Å². The molecule has 1 fully saturated rings. The molecule has 2 amide bonds. The molecule has 0 aliphatic carbocycles. The first-order valence-electron chi connectivity index (χ1n) is 4.83. The van der Waals surface area contributed by atoms with Crippen LogP contribution in [0.1, 0.15) is 19.8 Å². The maximum absolute atomic E-state index is 11.4. The van der Waals surface area contributed by atoms with Gasteiger partial charge in [-0.2, -0.15) is 11.8 Å². The van der Waals surface area contributed by atoms with Crippen LogP contribution >= 0.6 is 11.8 Å². The molecule has 0 radical (unpaired) electrons. The third-order valence-corrected chi connectivity index (χ3v) is 3.52. The highest BCUT2D eigenvalue weighted by molar-refractivity contribution is 7.99. The number of carbonyl (C=O) groups is 1. The van der Waals surface area contributed by atoms with Crippen LogP contribution in [-0.4, -0.2) is 42.1 Å². The summed E-state index contributed by atoms with van der Waals surface area (Å²) >= 11 is 1.93. The number of urea groups is 1. The van der Waals surface area contributed by atoms with Gasteiger partial charge in [0.25, 0.3) is 0 Å². The minimum absolute atomic E-state index is 0.0648. The second-order valence-corrected chi connectivity index (χ2v) is 4.53. The first-order chi connectivity index (χ1) is 6.24. The van der Waals surface area contributed by atoms with E-state index in [0.29, 0.717) is 6.04 Å². The zero-order chi connectivity index (χ0) is 9.68. The molecular formula is C9H18N2OS. The molecule has 0 saturated carbocycles. The lowest BCUT2D eigenvalue weighted by molar-refractivity contribution is 0.207. The number of hydrogen-bond acceptors (Lipinski definition) is 2. The summed E-state index contributed by atoms with van der Waals surface area (Å²) in [6.07, 6.45) is 2.36. The van der Waals surface area contributed by atoms with E-state index in [4.69, 9.17) is 0 Å². The van der Waals surface area contributed by atoms with E-state index in [1.165, 1.54) is 12.2 Å². The van der Waals surface area contributed by atoms with Crippen molar-refractivity contribution in [2.45, 2.75) is 25.8 Å². The van der Waals surface area contributed by atoms with Crippen LogP contribution in [0.25, 0.3) is 0 Å². The van der Waals surface area contributed by atoms with Gasteiger partial charge in [0.15, 0.2) is 0 Å². The Kier molecular flexibility index (Phi) is 4.42. The molecule has 1 saturated heterocycles. The van der Waals surface area contributed by atoms with Gasteiger partial charge < -0.3 is 10.2 Å². The first-order valence-corrected chi connectivity index (χ1v) is 5.99. The van der Waals surface area contributed by atoms with Crippen molar-refractivity contribution < 1.29 is 4.79 Å². The van der Waals surface area contributed by atoms with Crippen LogP contribution in [0.15, 0.2) is 0 Å². The van der Waals surface area contributed by atoms with Crippen molar-refractivity contribution in [1.29, 1.82) is 0 Å². The predicted molar refractivity (Wildman–Crippen MR) is 57.2 cm³/mol. The molecule has 0 aromatic carbocycles. The Balaban J connectivity index is 2.26. The fourth-order valence-corrected chi connectivity index (χ4v) is 2.35. The molecule has 1 heterocycles. The van der Waals surface area contributed by atoms with Crippen LogP contribution < -0.4 is 5.32 Å². The summed E-state index contributed by atoms with van der Waals surface area (Å²) < 4.78 is 0. The van der Waals surface area contributed by atoms with Gasteiger partial charge in [0.2, 0.25) is 0 Å². The van der Waals surface area contributed by atoms with Gasteiger partial charge in [0.05, 0.1) is 0 Å². The molecule has 0 aromatic heterocycles. The number of amides is 2. The maximum atomic E-state index is 11.4. The molecule has 3 nitrogen and oxygen atoms in total. The maximum Gasteiger partial charge on any atom is 0.317 e. The second-order valence-electron chi connectivity index (χ2n) is 3.38. The molecule has 0 bridgehead atoms. The molecule has 4 heteroatoms. The molecule has 1 N–H and O–H groups in total. The summed E-state index contributed by atoms with van der Waals surface area (Å²) in [5, 5.41) is 3.04. The van der Waals surface area contributed by atoms with E-state index < -0.39 is 0 Å². The largest absolute Gasteiger partial charge is 0.334 e. The molecule has 1 atom stereocenters. The van der Waals surface area contributed by atoms with E-state index >= 15 is 0 Å². The molecule has 13 heavy (non-hydrogen) atoms. The average Bonchev–Trinajstić information content (AvgIpc) is 2.18. The van der Waals surface area contributed by atoms with Gasteiger partial charge in [0, 0.05) is 25.4 Å². The Labute approximate surface area is 84.2 Å². The van der Waals surface area contributed by atoms with Gasteiger partial charge in [-0.05, 0) is 25.5 Å². The van der Waals surface area contributed by atoms with Crippen LogP contribution in [0, 0.1) is 0 Å². The zero-order valence-corrected chi connectivity index (χ0v) is 9.19. The molecule has 1 unspecified atom stereocenters. The van der Waals surface area contributed by atoms with Gasteiger partial charge in [-0.3, -0.25) is 0 Å². The third-order valence-electron chi connectivity index (χ3n) is 2.31. The summed E-state index contributed by atoms with van der Waals surface area (Å²) in [5.74, 6) is 2.32. The van der Waals surface area contributed by atoms with Gasteiger partial charge >= 0.3 is 6.03 Å². The number of thioether (sulfide) groups is 1. The highest BCUT2D eigenvalue weighted by atomic mass is 32.2. The zero-order valence-electron chi connectivity index (χ0n) is 8.38. The molecular weight excluding hydrogens is 184 g/mol. The highest BCUT2D eigenvalue weighted by Gasteiger charge is 2.17. The van der Waals surface area contributed by atoms with Crippen LogP contribution in [-0.2, 0) is 0 Å². The van der Waals surface area contributed by atoms with Crippen molar-refractivity contribution in [3.63, 3.8) is 0 Å². The van der Waals surface area contributed by atoms with Crippen molar-refractivity contribution in [1.82, 2.24) is 10.2 Å². The van der Waals surface area contributed by atoms with Crippen molar-refractivity contribution in [3.05, 3.63) is 0 Å². The smallest absolute Gasteiger partial charge is 0.317 e. The summed E-state index contributed by atoms with van der Waals surface area (Å²) in [4.78, 5) is 13.2. The summed E-state index contributed by atoms with van der Waals surface area (Å²) in [7, 11) is 1.82. The lowest BCUT2D eigenvalue weighted by atomic mass is 10.2. The van der Waals surface area contributed by atoms with Gasteiger partial charge in [0.1, 0.15) is 0 Å². The van der Waals surface area contributed by atoms with E-state index in [-0.39, 0.29) is 6.03 Å². The summed E-state index contributed by atoms with van der Waals surface area (Å²) in [6.45, 7) is 2.75. The standard InChI is InChI=1S/C9H18N2OS/c1-3-11(2)9(12)10-8-5-4-6-13-7-8/h8H,3-7H2,1-2H3,(H,10,12). The Hall–Kier alpha value is -0.380. The number of rotatable bonds is 2. The van der Waals surface area contributed by atoms with E-state index in [9.17, 15) is 4.79 Å². The van der Waals surface area contributed by atoms with Crippen LogP contribution in [0.3, 0.4) is 0 Å². The third kappa shape index (κ3) is 3.46. The second kappa shape index (κ2) is 5.37. The highest BCUT2D eigenvalue weighted by Crippen LogP contribution is 2.16. The quantitative estimate of drug-likeness (QED) is 0.736. The van der Waals surface area contributed by atoms with Gasteiger partial charge in [-0.15, -0.1) is 0 Å². The summed E-state index contributed by atoms with van der Waals surface area (Å²) in [6, 6.07) is 0.454. The molecule has 0 spiro atoms. The van der Waals surface area contributed by atoms with Gasteiger partial charge in [-0.25, -0.2) is 4.79 Å². The Bertz CT molecular complexity index is 169. The number of nitrogens with one attached hydrogen (secondary N) is 1.